The summed E-state index contributed by atoms with van der Waals surface area (Å²) in [6, 6.07) is 0. The van der Waals surface area contributed by atoms with Crippen LogP contribution >= 0.6 is 0 Å². The third-order valence-corrected chi connectivity index (χ3v) is 1.83. The maximum Gasteiger partial charge on any atom is 0.635 e. The normalized spacial score (nSPS) is 21.0. The van der Waals surface area contributed by atoms with Crippen LogP contribution in [-0.2, 0) is 4.65 Å². The molecule has 0 aromatic rings. The van der Waals surface area contributed by atoms with Gasteiger partial charge in [0.25, 0.3) is 0 Å². The van der Waals surface area contributed by atoms with E-state index in [2.05, 4.69) is 4.65 Å². The van der Waals surface area contributed by atoms with Crippen LogP contribution in [0.2, 0.25) is 0 Å². The van der Waals surface area contributed by atoms with Crippen molar-refractivity contribution >= 4 is 7.32 Å². The van der Waals surface area contributed by atoms with Crippen LogP contribution in [0.1, 0.15) is 0 Å². The van der Waals surface area contributed by atoms with Crippen molar-refractivity contribution in [3.63, 3.8) is 0 Å². The van der Waals surface area contributed by atoms with Gasteiger partial charge in [-0.2, -0.15) is 0 Å². The van der Waals surface area contributed by atoms with E-state index >= 15 is 0 Å². The van der Waals surface area contributed by atoms with Gasteiger partial charge in [0.2, 0.25) is 0 Å². The van der Waals surface area contributed by atoms with Gasteiger partial charge in [0, 0.05) is 0 Å². The number of hydrogen-bond acceptors (Lipinski definition) is 9. The van der Waals surface area contributed by atoms with Crippen molar-refractivity contribution in [1.82, 2.24) is 0 Å². The van der Waals surface area contributed by atoms with Gasteiger partial charge in [-0.25, -0.2) is 0 Å². The summed E-state index contributed by atoms with van der Waals surface area (Å²) in [6.07, 6.45) is -9.99. The van der Waals surface area contributed by atoms with Crippen molar-refractivity contribution < 1.29 is 45.3 Å². The molecule has 0 heterocycles. The molecular weight excluding hydrogens is 227 g/mol. The van der Waals surface area contributed by atoms with Crippen molar-refractivity contribution in [1.29, 1.82) is 0 Å². The minimum absolute atomic E-state index is 0.871. The fraction of sp³-hybridized carbons (Fsp3) is 1.00. The Kier molecular flexibility index (Phi) is 6.98. The van der Waals surface area contributed by atoms with Crippen molar-refractivity contribution in [2.45, 2.75) is 30.7 Å². The van der Waals surface area contributed by atoms with Crippen LogP contribution in [0.5, 0.6) is 0 Å². The molecule has 16 heavy (non-hydrogen) atoms. The highest BCUT2D eigenvalue weighted by Gasteiger charge is 2.35. The molecule has 0 aromatic heterocycles. The number of rotatable bonds is 7. The van der Waals surface area contributed by atoms with Crippen LogP contribution in [0.25, 0.3) is 0 Å². The van der Waals surface area contributed by atoms with Crippen LogP contribution in [0.4, 0.5) is 0 Å². The van der Waals surface area contributed by atoms with Gasteiger partial charge in [0.05, 0.1) is 6.61 Å². The molecule has 0 bridgehead atoms. The molecular formula is C6H15BO9. The highest BCUT2D eigenvalue weighted by molar-refractivity contribution is 6.32. The first-order chi connectivity index (χ1) is 7.31. The smallest absolute Gasteiger partial charge is 0.402 e. The first kappa shape index (κ1) is 15.7. The maximum atomic E-state index is 9.20. The highest BCUT2D eigenvalue weighted by Crippen LogP contribution is 2.09. The van der Waals surface area contributed by atoms with Crippen molar-refractivity contribution in [3.8, 4) is 0 Å². The third-order valence-electron chi connectivity index (χ3n) is 1.83. The molecule has 0 aliphatic heterocycles. The Morgan fingerprint density at radius 3 is 1.75 bits per heavy atom. The molecule has 1 unspecified atom stereocenters. The zero-order valence-electron chi connectivity index (χ0n) is 8.16. The molecule has 0 rings (SSSR count). The van der Waals surface area contributed by atoms with Crippen LogP contribution in [0.15, 0.2) is 0 Å². The van der Waals surface area contributed by atoms with E-state index in [9.17, 15) is 5.11 Å². The Hall–Kier alpha value is -0.295. The molecule has 0 aliphatic carbocycles. The monoisotopic (exact) mass is 242 g/mol. The van der Waals surface area contributed by atoms with Crippen LogP contribution in [0, 0.1) is 0 Å². The van der Waals surface area contributed by atoms with Crippen molar-refractivity contribution in [2.75, 3.05) is 6.61 Å². The Bertz CT molecular complexity index is 191. The zero-order chi connectivity index (χ0) is 12.9. The van der Waals surface area contributed by atoms with E-state index in [1.807, 2.05) is 0 Å². The largest absolute Gasteiger partial charge is 0.635 e. The van der Waals surface area contributed by atoms with Gasteiger partial charge in [-0.05, 0) is 0 Å². The summed E-state index contributed by atoms with van der Waals surface area (Å²) < 4.78 is 3.90. The molecule has 5 atom stereocenters. The van der Waals surface area contributed by atoms with Gasteiger partial charge in [-0.3, -0.25) is 0 Å². The van der Waals surface area contributed by atoms with E-state index in [1.54, 1.807) is 0 Å². The molecule has 10 heteroatoms. The van der Waals surface area contributed by atoms with Crippen LogP contribution in [-0.4, -0.2) is 85.3 Å². The first-order valence-electron chi connectivity index (χ1n) is 4.34. The van der Waals surface area contributed by atoms with E-state index in [0.717, 1.165) is 0 Å². The minimum atomic E-state index is -2.38. The topological polar surface area (TPSA) is 171 Å². The van der Waals surface area contributed by atoms with Gasteiger partial charge in [0.1, 0.15) is 24.4 Å². The molecule has 0 spiro atoms. The minimum Gasteiger partial charge on any atom is -0.402 e. The Morgan fingerprint density at radius 2 is 1.38 bits per heavy atom. The highest BCUT2D eigenvalue weighted by atomic mass is 16.7. The molecule has 96 valence electrons. The molecule has 0 aromatic carbocycles. The van der Waals surface area contributed by atoms with E-state index < -0.39 is 44.6 Å². The van der Waals surface area contributed by atoms with E-state index in [1.165, 1.54) is 0 Å². The number of aliphatic hydroxyl groups excluding tert-OH is 6. The predicted molar refractivity (Wildman–Crippen MR) is 48.4 cm³/mol. The summed E-state index contributed by atoms with van der Waals surface area (Å²) in [5, 5.41) is 70.3. The number of aliphatic hydroxyl groups is 6. The summed E-state index contributed by atoms with van der Waals surface area (Å²) in [7, 11) is -2.38. The lowest BCUT2D eigenvalue weighted by Crippen LogP contribution is -2.51. The van der Waals surface area contributed by atoms with Gasteiger partial charge in [-0.15, -0.1) is 0 Å². The van der Waals surface area contributed by atoms with Crippen molar-refractivity contribution in [2.24, 2.45) is 0 Å². The van der Waals surface area contributed by atoms with Crippen LogP contribution in [0.3, 0.4) is 0 Å². The van der Waals surface area contributed by atoms with Gasteiger partial charge in [0.15, 0.2) is 6.29 Å². The van der Waals surface area contributed by atoms with E-state index in [-0.39, 0.29) is 0 Å². The zero-order valence-corrected chi connectivity index (χ0v) is 8.16. The number of hydrogen-bond donors (Lipinski definition) is 8. The average Bonchev–Trinajstić information content (AvgIpc) is 2.23. The molecule has 0 radical (unpaired) electrons. The van der Waals surface area contributed by atoms with Crippen LogP contribution < -0.4 is 0 Å². The Balaban J connectivity index is 4.30. The fourth-order valence-electron chi connectivity index (χ4n) is 0.912. The second kappa shape index (κ2) is 7.11. The molecule has 8 N–H and O–H groups in total. The second-order valence-electron chi connectivity index (χ2n) is 3.07. The molecule has 0 amide bonds. The first-order valence-corrected chi connectivity index (χ1v) is 4.34. The Labute approximate surface area is 91.0 Å². The second-order valence-corrected chi connectivity index (χ2v) is 3.07. The quantitative estimate of drug-likeness (QED) is 0.160. The molecule has 0 saturated heterocycles. The lowest BCUT2D eigenvalue weighted by Gasteiger charge is -2.28. The van der Waals surface area contributed by atoms with Crippen molar-refractivity contribution in [3.05, 3.63) is 0 Å². The van der Waals surface area contributed by atoms with Gasteiger partial charge >= 0.3 is 7.32 Å². The SMILES string of the molecule is OC[C@@H](O)[C@@H](O)[C@@H](O)[C@@H](O)C(O)OB(O)O. The average molecular weight is 242 g/mol. The van der Waals surface area contributed by atoms with E-state index in [4.69, 9.17) is 35.6 Å². The fourth-order valence-corrected chi connectivity index (χ4v) is 0.912. The van der Waals surface area contributed by atoms with Gasteiger partial charge < -0.3 is 45.3 Å². The lowest BCUT2D eigenvalue weighted by molar-refractivity contribution is -0.189. The van der Waals surface area contributed by atoms with Gasteiger partial charge in [-0.1, -0.05) is 0 Å². The molecule has 0 saturated carbocycles. The summed E-state index contributed by atoms with van der Waals surface area (Å²) >= 11 is 0. The Morgan fingerprint density at radius 1 is 0.875 bits per heavy atom. The third kappa shape index (κ3) is 4.70. The summed E-state index contributed by atoms with van der Waals surface area (Å²) in [5.74, 6) is 0. The summed E-state index contributed by atoms with van der Waals surface area (Å²) in [6.45, 7) is -0.871. The maximum absolute atomic E-state index is 9.20. The summed E-state index contributed by atoms with van der Waals surface area (Å²) in [5.41, 5.74) is 0. The standard InChI is InChI=1S/C6H15BO9/c8-1-2(9)3(10)4(11)5(12)6(13)16-7(14)15/h2-6,8-15H,1H2/t2-,3-,4-,5-,6?/m1/s1. The molecule has 9 nitrogen and oxygen atoms in total. The lowest BCUT2D eigenvalue weighted by atomic mass is 10.0. The molecule has 0 aliphatic rings. The predicted octanol–water partition coefficient (Wildman–Crippen LogP) is -5.27. The van der Waals surface area contributed by atoms with E-state index in [0.29, 0.717) is 0 Å². The summed E-state index contributed by atoms with van der Waals surface area (Å²) in [4.78, 5) is 0. The molecule has 0 fully saturated rings.